The second-order valence-corrected chi connectivity index (χ2v) is 2.82. The molecule has 1 radical (unpaired) electrons. The summed E-state index contributed by atoms with van der Waals surface area (Å²) in [5, 5.41) is 6.53. The zero-order valence-electron chi connectivity index (χ0n) is 7.69. The number of hydrogen-bond acceptors (Lipinski definition) is 4. The molecule has 5 nitrogen and oxygen atoms in total. The molecule has 0 atom stereocenters. The largest absolute Gasteiger partial charge is 2.00 e. The molecule has 2 rings (SSSR count). The van der Waals surface area contributed by atoms with Crippen molar-refractivity contribution < 1.29 is 41.9 Å². The molecule has 0 aromatic carbocycles. The Labute approximate surface area is 120 Å². The van der Waals surface area contributed by atoms with Crippen LogP contribution < -0.4 is 30.7 Å². The Morgan fingerprint density at radius 1 is 1.31 bits per heavy atom. The summed E-state index contributed by atoms with van der Waals surface area (Å²) in [7, 11) is 0. The van der Waals surface area contributed by atoms with Crippen LogP contribution in [0.25, 0.3) is 11.5 Å². The average molecular weight is 328 g/mol. The van der Waals surface area contributed by atoms with Gasteiger partial charge in [-0.2, -0.15) is 5.10 Å². The number of aromatic amines is 1. The van der Waals surface area contributed by atoms with Crippen molar-refractivity contribution in [1.82, 2.24) is 19.9 Å². The van der Waals surface area contributed by atoms with E-state index in [2.05, 4.69) is 15.2 Å². The summed E-state index contributed by atoms with van der Waals surface area (Å²) in [6.07, 6.45) is 1.67. The fourth-order valence-electron chi connectivity index (χ4n) is 0.980. The molecule has 0 spiro atoms. The van der Waals surface area contributed by atoms with Gasteiger partial charge in [-0.05, 0) is 24.4 Å². The van der Waals surface area contributed by atoms with Crippen LogP contribution in [0, 0.1) is 4.77 Å². The first-order valence-electron chi connectivity index (χ1n) is 3.63. The van der Waals surface area contributed by atoms with Gasteiger partial charge in [0.05, 0.1) is 0 Å². The van der Waals surface area contributed by atoms with Gasteiger partial charge in [0.25, 0.3) is 0 Å². The molecule has 91 valence electrons. The Kier molecular flexibility index (Phi) is 8.50. The van der Waals surface area contributed by atoms with E-state index >= 15 is 0 Å². The van der Waals surface area contributed by atoms with E-state index in [0.717, 1.165) is 0 Å². The van der Waals surface area contributed by atoms with Crippen molar-refractivity contribution in [1.29, 1.82) is 0 Å². The topological polar surface area (TPSA) is 72.5 Å². The third-order valence-corrected chi connectivity index (χ3v) is 1.89. The number of hydrogen-bond donors (Lipinski definition) is 2. The first-order valence-corrected chi connectivity index (χ1v) is 4.04. The van der Waals surface area contributed by atoms with Crippen LogP contribution in [0.1, 0.15) is 0 Å². The van der Waals surface area contributed by atoms with Crippen LogP contribution in [0.5, 0.6) is 0 Å². The number of nitrogens with one attached hydrogen (secondary N) is 1. The molecule has 0 aliphatic rings. The minimum absolute atomic E-state index is 0. The molecule has 0 aliphatic heterocycles. The average Bonchev–Trinajstić information content (AvgIpc) is 2.49. The fraction of sp³-hybridized carbons (Fsp3) is 0. The molecule has 9 heteroatoms. The Morgan fingerprint density at radius 3 is 2.44 bits per heavy atom. The van der Waals surface area contributed by atoms with Gasteiger partial charge in [0, 0.05) is 6.20 Å². The van der Waals surface area contributed by atoms with Crippen molar-refractivity contribution in [2.24, 2.45) is 0 Å². The summed E-state index contributed by atoms with van der Waals surface area (Å²) < 4.78 is 1.66. The van der Waals surface area contributed by atoms with Gasteiger partial charge >= 0.3 is 17.1 Å². The minimum Gasteiger partial charge on any atom is -1.00 e. The first-order chi connectivity index (χ1) is 6.29. The van der Waals surface area contributed by atoms with E-state index in [1.807, 2.05) is 18.2 Å². The van der Waals surface area contributed by atoms with Gasteiger partial charge in [-0.25, -0.2) is 9.77 Å². The standard InChI is InChI=1S/C7H7N5S.2ClH.Cu/c8-12-6(10-11-7(12)13)5-3-1-2-4-9-5;;;/h1-4H,8H2,(H,11,13);2*1H;/q;;;+2/p-2. The van der Waals surface area contributed by atoms with Crippen LogP contribution in [0.2, 0.25) is 0 Å². The van der Waals surface area contributed by atoms with Gasteiger partial charge in [0.2, 0.25) is 4.77 Å². The van der Waals surface area contributed by atoms with Crippen molar-refractivity contribution >= 4 is 12.2 Å². The van der Waals surface area contributed by atoms with Crippen molar-refractivity contribution in [3.63, 3.8) is 0 Å². The molecule has 0 amide bonds. The van der Waals surface area contributed by atoms with Gasteiger partial charge in [0.1, 0.15) is 5.69 Å². The maximum atomic E-state index is 5.61. The van der Waals surface area contributed by atoms with E-state index in [9.17, 15) is 0 Å². The summed E-state index contributed by atoms with van der Waals surface area (Å²) in [6.45, 7) is 0. The van der Waals surface area contributed by atoms with Crippen LogP contribution in [-0.2, 0) is 17.1 Å². The van der Waals surface area contributed by atoms with E-state index in [4.69, 9.17) is 18.1 Å². The third-order valence-electron chi connectivity index (χ3n) is 1.60. The van der Waals surface area contributed by atoms with Gasteiger partial charge in [0.15, 0.2) is 5.82 Å². The predicted octanol–water partition coefficient (Wildman–Crippen LogP) is -5.28. The molecule has 0 unspecified atom stereocenters. The number of pyridine rings is 1. The number of nitrogen functional groups attached to an aromatic ring is 1. The summed E-state index contributed by atoms with van der Waals surface area (Å²) in [5.74, 6) is 6.15. The van der Waals surface area contributed by atoms with Gasteiger partial charge in [-0.1, -0.05) is 6.07 Å². The molecule has 0 aliphatic carbocycles. The second-order valence-electron chi connectivity index (χ2n) is 2.44. The van der Waals surface area contributed by atoms with Crippen LogP contribution in [0.4, 0.5) is 0 Å². The molecule has 16 heavy (non-hydrogen) atoms. The molecule has 0 saturated heterocycles. The number of rotatable bonds is 1. The summed E-state index contributed by atoms with van der Waals surface area (Å²) in [5.41, 5.74) is 0.692. The van der Waals surface area contributed by atoms with Crippen molar-refractivity contribution in [2.75, 3.05) is 5.84 Å². The van der Waals surface area contributed by atoms with Crippen molar-refractivity contribution in [3.8, 4) is 11.5 Å². The third kappa shape index (κ3) is 3.47. The smallest absolute Gasteiger partial charge is 1.00 e. The van der Waals surface area contributed by atoms with Crippen molar-refractivity contribution in [3.05, 3.63) is 29.2 Å². The fourth-order valence-corrected chi connectivity index (χ4v) is 1.11. The normalized spacial score (nSPS) is 8.25. The number of aromatic nitrogens is 4. The van der Waals surface area contributed by atoms with Gasteiger partial charge in [-0.15, -0.1) is 0 Å². The van der Waals surface area contributed by atoms with E-state index < -0.39 is 0 Å². The monoisotopic (exact) mass is 326 g/mol. The van der Waals surface area contributed by atoms with Crippen LogP contribution >= 0.6 is 12.2 Å². The zero-order valence-corrected chi connectivity index (χ0v) is 11.0. The van der Waals surface area contributed by atoms with Crippen LogP contribution in [0.15, 0.2) is 24.4 Å². The molecule has 2 heterocycles. The zero-order chi connectivity index (χ0) is 9.26. The minimum atomic E-state index is 0. The maximum absolute atomic E-state index is 5.61. The summed E-state index contributed by atoms with van der Waals surface area (Å²) in [4.78, 5) is 4.09. The summed E-state index contributed by atoms with van der Waals surface area (Å²) >= 11 is 4.87. The molecule has 3 N–H and O–H groups in total. The Bertz CT molecular complexity index is 471. The van der Waals surface area contributed by atoms with Gasteiger partial charge in [-0.3, -0.25) is 4.98 Å². The molecular formula is C7H7Cl2CuN5S. The molecule has 0 fully saturated rings. The van der Waals surface area contributed by atoms with E-state index in [0.29, 0.717) is 16.3 Å². The molecular weight excluding hydrogens is 321 g/mol. The SMILES string of the molecule is Nn1c(-c2ccccn2)n[nH]c1=S.[Cl-].[Cl-].[Cu+2]. The van der Waals surface area contributed by atoms with Gasteiger partial charge < -0.3 is 30.7 Å². The predicted molar refractivity (Wildman–Crippen MR) is 50.8 cm³/mol. The number of nitrogens with zero attached hydrogens (tertiary/aromatic N) is 3. The molecule has 0 bridgehead atoms. The number of nitrogens with two attached hydrogens (primary N) is 1. The number of halogens is 2. The van der Waals surface area contributed by atoms with Crippen LogP contribution in [0.3, 0.4) is 0 Å². The quantitative estimate of drug-likeness (QED) is 0.312. The van der Waals surface area contributed by atoms with E-state index in [-0.39, 0.29) is 41.9 Å². The van der Waals surface area contributed by atoms with Crippen molar-refractivity contribution in [2.45, 2.75) is 0 Å². The molecule has 2 aromatic rings. The molecule has 2 aromatic heterocycles. The van der Waals surface area contributed by atoms with Crippen LogP contribution in [-0.4, -0.2) is 19.9 Å². The maximum Gasteiger partial charge on any atom is 2.00 e. The second kappa shape index (κ2) is 7.65. The Hall–Kier alpha value is -0.591. The first kappa shape index (κ1) is 17.8. The number of H-pyrrole nitrogens is 1. The Balaban J connectivity index is 0. The van der Waals surface area contributed by atoms with E-state index in [1.54, 1.807) is 6.20 Å². The molecule has 0 saturated carbocycles. The summed E-state index contributed by atoms with van der Waals surface area (Å²) in [6, 6.07) is 5.50. The Morgan fingerprint density at radius 2 is 2.00 bits per heavy atom. The van der Waals surface area contributed by atoms with E-state index in [1.165, 1.54) is 4.68 Å².